The Morgan fingerprint density at radius 3 is 2.72 bits per heavy atom. The molecule has 0 saturated carbocycles. The molecular formula is C22H33F2N9O3. The van der Waals surface area contributed by atoms with Gasteiger partial charge in [0.05, 0.1) is 42.9 Å². The van der Waals surface area contributed by atoms with Crippen LogP contribution in [0.5, 0.6) is 0 Å². The molecule has 14 heteroatoms. The number of nitrogens with zero attached hydrogens (tertiary/aromatic N) is 5. The van der Waals surface area contributed by atoms with Gasteiger partial charge >= 0.3 is 0 Å². The minimum atomic E-state index is -1.07. The van der Waals surface area contributed by atoms with E-state index in [0.29, 0.717) is 39.3 Å². The van der Waals surface area contributed by atoms with Crippen LogP contribution in [0.25, 0.3) is 0 Å². The van der Waals surface area contributed by atoms with Gasteiger partial charge in [-0.1, -0.05) is 0 Å². The number of rotatable bonds is 4. The van der Waals surface area contributed by atoms with E-state index in [1.807, 2.05) is 7.05 Å². The summed E-state index contributed by atoms with van der Waals surface area (Å²) in [7, 11) is 1.96. The first-order chi connectivity index (χ1) is 17.3. The van der Waals surface area contributed by atoms with E-state index in [2.05, 4.69) is 25.9 Å². The average molecular weight is 510 g/mol. The Morgan fingerprint density at radius 1 is 1.19 bits per heavy atom. The van der Waals surface area contributed by atoms with Crippen molar-refractivity contribution in [3.63, 3.8) is 0 Å². The Bertz CT molecular complexity index is 980. The summed E-state index contributed by atoms with van der Waals surface area (Å²) in [4.78, 5) is 35.6. The van der Waals surface area contributed by atoms with Gasteiger partial charge in [0.1, 0.15) is 18.0 Å². The summed E-state index contributed by atoms with van der Waals surface area (Å²) in [5.41, 5.74) is 9.51. The lowest BCUT2D eigenvalue weighted by molar-refractivity contribution is -0.149. The van der Waals surface area contributed by atoms with Crippen molar-refractivity contribution in [2.45, 2.75) is 24.6 Å². The lowest BCUT2D eigenvalue weighted by Crippen LogP contribution is -2.58. The molecule has 5 rings (SSSR count). The van der Waals surface area contributed by atoms with Gasteiger partial charge in [0.2, 0.25) is 5.91 Å². The van der Waals surface area contributed by atoms with Crippen LogP contribution < -0.4 is 26.7 Å². The fraction of sp³-hybridized carbons (Fsp3) is 0.682. The zero-order chi connectivity index (χ0) is 25.4. The number of fused-ring (bicyclic) bond motifs is 1. The molecule has 0 aliphatic carbocycles. The summed E-state index contributed by atoms with van der Waals surface area (Å²) in [6.07, 6.45) is -0.272. The number of morpholine rings is 1. The number of hydrazine groups is 1. The fourth-order valence-corrected chi connectivity index (χ4v) is 5.32. The summed E-state index contributed by atoms with van der Waals surface area (Å²) in [5.74, 6) is -1.78. The Labute approximate surface area is 208 Å². The number of pyridine rings is 1. The second-order valence-electron chi connectivity index (χ2n) is 9.72. The number of alkyl halides is 1. The maximum atomic E-state index is 15.0. The van der Waals surface area contributed by atoms with E-state index in [0.717, 1.165) is 12.7 Å². The molecule has 1 aromatic heterocycles. The number of amides is 2. The van der Waals surface area contributed by atoms with E-state index >= 15 is 0 Å². The summed E-state index contributed by atoms with van der Waals surface area (Å²) in [5, 5.41) is 7.39. The molecule has 1 aromatic rings. The van der Waals surface area contributed by atoms with Crippen molar-refractivity contribution >= 4 is 23.2 Å². The summed E-state index contributed by atoms with van der Waals surface area (Å²) >= 11 is 0. The van der Waals surface area contributed by atoms with Crippen LogP contribution >= 0.6 is 0 Å². The molecule has 198 valence electrons. The molecule has 4 aliphatic heterocycles. The van der Waals surface area contributed by atoms with E-state index in [1.54, 1.807) is 14.8 Å². The molecule has 4 fully saturated rings. The molecule has 2 amide bonds. The van der Waals surface area contributed by atoms with Crippen molar-refractivity contribution in [1.29, 1.82) is 0 Å². The molecule has 0 bridgehead atoms. The third-order valence-electron chi connectivity index (χ3n) is 7.21. The Hall–Kier alpha value is -2.49. The van der Waals surface area contributed by atoms with Gasteiger partial charge in [-0.05, 0) is 7.05 Å². The third-order valence-corrected chi connectivity index (χ3v) is 7.21. The van der Waals surface area contributed by atoms with Crippen LogP contribution in [0.4, 0.5) is 20.2 Å². The van der Waals surface area contributed by atoms with Crippen LogP contribution in [0.1, 0.15) is 0 Å². The molecule has 5 N–H and O–H groups in total. The first-order valence-corrected chi connectivity index (χ1v) is 12.3. The van der Waals surface area contributed by atoms with Crippen molar-refractivity contribution in [1.82, 2.24) is 30.5 Å². The van der Waals surface area contributed by atoms with E-state index in [1.165, 1.54) is 6.20 Å². The Kier molecular flexibility index (Phi) is 7.32. The number of aromatic nitrogens is 1. The third kappa shape index (κ3) is 5.01. The van der Waals surface area contributed by atoms with Crippen LogP contribution in [0, 0.1) is 11.7 Å². The number of halogens is 2. The lowest BCUT2D eigenvalue weighted by atomic mass is 10.0. The molecule has 0 radical (unpaired) electrons. The van der Waals surface area contributed by atoms with Crippen molar-refractivity contribution in [2.24, 2.45) is 11.7 Å². The first-order valence-electron chi connectivity index (χ1n) is 12.3. The zero-order valence-corrected chi connectivity index (χ0v) is 20.2. The molecular weight excluding hydrogens is 476 g/mol. The molecule has 4 aliphatic rings. The number of carbonyl (C=O) groups is 2. The quantitative estimate of drug-likeness (QED) is 0.366. The number of hydrogen-bond acceptors (Lipinski definition) is 10. The second kappa shape index (κ2) is 10.5. The van der Waals surface area contributed by atoms with Crippen molar-refractivity contribution in [3.8, 4) is 0 Å². The first kappa shape index (κ1) is 25.2. The van der Waals surface area contributed by atoms with Gasteiger partial charge in [0, 0.05) is 52.4 Å². The van der Waals surface area contributed by atoms with Gasteiger partial charge in [-0.25, -0.2) is 19.2 Å². The van der Waals surface area contributed by atoms with E-state index in [4.69, 9.17) is 10.5 Å². The molecule has 0 spiro atoms. The molecule has 0 aromatic carbocycles. The summed E-state index contributed by atoms with van der Waals surface area (Å²) in [6, 6.07) is 0. The van der Waals surface area contributed by atoms with Crippen molar-refractivity contribution < 1.29 is 23.1 Å². The normalized spacial score (nSPS) is 31.8. The number of anilines is 2. The predicted molar refractivity (Wildman–Crippen MR) is 127 cm³/mol. The van der Waals surface area contributed by atoms with Gasteiger partial charge < -0.3 is 30.5 Å². The number of piperazine rings is 1. The van der Waals surface area contributed by atoms with Gasteiger partial charge in [-0.3, -0.25) is 19.9 Å². The minimum Gasteiger partial charge on any atom is -0.366 e. The van der Waals surface area contributed by atoms with Crippen molar-refractivity contribution in [3.05, 3.63) is 18.2 Å². The average Bonchev–Trinajstić information content (AvgIpc) is 3.18. The number of nitrogens with one attached hydrogen (secondary N) is 3. The molecule has 5 unspecified atom stereocenters. The molecule has 4 saturated heterocycles. The van der Waals surface area contributed by atoms with Gasteiger partial charge in [0.15, 0.2) is 5.82 Å². The van der Waals surface area contributed by atoms with Crippen molar-refractivity contribution in [2.75, 3.05) is 76.2 Å². The Balaban J connectivity index is 1.25. The molecule has 5 atom stereocenters. The predicted octanol–water partition coefficient (Wildman–Crippen LogP) is -1.87. The minimum absolute atomic E-state index is 0.0623. The fourth-order valence-electron chi connectivity index (χ4n) is 5.32. The number of carbonyl (C=O) groups excluding carboxylic acids is 2. The van der Waals surface area contributed by atoms with Gasteiger partial charge in [-0.15, -0.1) is 0 Å². The zero-order valence-electron chi connectivity index (χ0n) is 20.2. The van der Waals surface area contributed by atoms with Crippen LogP contribution in [0.2, 0.25) is 0 Å². The summed E-state index contributed by atoms with van der Waals surface area (Å²) < 4.78 is 34.4. The highest BCUT2D eigenvalue weighted by atomic mass is 19.1. The maximum Gasteiger partial charge on any atom is 0.253 e. The molecule has 36 heavy (non-hydrogen) atoms. The monoisotopic (exact) mass is 509 g/mol. The van der Waals surface area contributed by atoms with Crippen LogP contribution in [0.3, 0.4) is 0 Å². The standard InChI is InChI=1S/C22H33F2N9O3/c1-30-6-7-36-16(12-30)22(35)32-4-2-31(3-5-32)18-14(24)9-26-10-15(18)28-21(34)17-19(25)29-33-11-13(23)8-27-20(17)33/h9-10,13,16-17,19-20,27,29H,2-8,11-12,25H2,1H3,(H,28,34). The molecule has 5 heterocycles. The van der Waals surface area contributed by atoms with Crippen LogP contribution in [-0.4, -0.2) is 122 Å². The summed E-state index contributed by atoms with van der Waals surface area (Å²) in [6.45, 7) is 3.68. The second-order valence-corrected chi connectivity index (χ2v) is 9.72. The lowest BCUT2D eigenvalue weighted by Gasteiger charge is -2.39. The SMILES string of the molecule is CN1CCOC(C(=O)N2CCN(c3c(F)cncc3NC(=O)C3C(N)NN4CC(F)CNC34)CC2)C1. The van der Waals surface area contributed by atoms with E-state index in [-0.39, 0.29) is 30.4 Å². The highest BCUT2D eigenvalue weighted by molar-refractivity contribution is 5.96. The highest BCUT2D eigenvalue weighted by Crippen LogP contribution is 2.31. The van der Waals surface area contributed by atoms with Crippen LogP contribution in [0.15, 0.2) is 12.4 Å². The van der Waals surface area contributed by atoms with Crippen LogP contribution in [-0.2, 0) is 14.3 Å². The van der Waals surface area contributed by atoms with Gasteiger partial charge in [0.25, 0.3) is 5.91 Å². The smallest absolute Gasteiger partial charge is 0.253 e. The number of hydrogen-bond donors (Lipinski definition) is 4. The van der Waals surface area contributed by atoms with E-state index in [9.17, 15) is 18.4 Å². The highest BCUT2D eigenvalue weighted by Gasteiger charge is 2.47. The molecule has 12 nitrogen and oxygen atoms in total. The maximum absolute atomic E-state index is 15.0. The largest absolute Gasteiger partial charge is 0.366 e. The number of nitrogens with two attached hydrogens (primary N) is 1. The van der Waals surface area contributed by atoms with Gasteiger partial charge in [-0.2, -0.15) is 0 Å². The number of ether oxygens (including phenoxy) is 1. The van der Waals surface area contributed by atoms with E-state index < -0.39 is 42.2 Å². The number of likely N-dealkylation sites (N-methyl/N-ethyl adjacent to an activating group) is 1. The topological polar surface area (TPSA) is 131 Å². The Morgan fingerprint density at radius 2 is 1.97 bits per heavy atom.